The molecular formula is C16H11N. The molecule has 17 heavy (non-hydrogen) atoms. The van der Waals surface area contributed by atoms with Crippen LogP contribution in [0.2, 0.25) is 0 Å². The van der Waals surface area contributed by atoms with Gasteiger partial charge in [0, 0.05) is 18.0 Å². The maximum atomic E-state index is 4.54. The first-order valence-corrected chi connectivity index (χ1v) is 5.88. The number of aromatic nitrogens is 1. The van der Waals surface area contributed by atoms with Gasteiger partial charge in [0.15, 0.2) is 0 Å². The van der Waals surface area contributed by atoms with Crippen LogP contribution in [0.4, 0.5) is 0 Å². The summed E-state index contributed by atoms with van der Waals surface area (Å²) in [6, 6.07) is 17.2. The smallest absolute Gasteiger partial charge is 0.0743 e. The van der Waals surface area contributed by atoms with Crippen LogP contribution in [-0.2, 0) is 6.42 Å². The van der Waals surface area contributed by atoms with Gasteiger partial charge in [-0.2, -0.15) is 0 Å². The second-order valence-electron chi connectivity index (χ2n) is 4.50. The molecule has 0 saturated carbocycles. The molecule has 4 rings (SSSR count). The predicted octanol–water partition coefficient (Wildman–Crippen LogP) is 3.81. The van der Waals surface area contributed by atoms with Crippen LogP contribution in [0.25, 0.3) is 22.0 Å². The predicted molar refractivity (Wildman–Crippen MR) is 70.0 cm³/mol. The van der Waals surface area contributed by atoms with E-state index in [0.717, 1.165) is 11.9 Å². The summed E-state index contributed by atoms with van der Waals surface area (Å²) in [5.74, 6) is 0. The molecule has 0 bridgehead atoms. The molecule has 0 radical (unpaired) electrons. The van der Waals surface area contributed by atoms with Gasteiger partial charge in [0.25, 0.3) is 0 Å². The molecule has 2 aromatic carbocycles. The summed E-state index contributed by atoms with van der Waals surface area (Å²) in [6.45, 7) is 0. The number of fused-ring (bicyclic) bond motifs is 5. The lowest BCUT2D eigenvalue weighted by Gasteiger charge is -2.04. The van der Waals surface area contributed by atoms with Crippen molar-refractivity contribution in [1.82, 2.24) is 4.98 Å². The van der Waals surface area contributed by atoms with Crippen molar-refractivity contribution in [1.29, 1.82) is 0 Å². The third-order valence-corrected chi connectivity index (χ3v) is 3.55. The van der Waals surface area contributed by atoms with Crippen LogP contribution in [0.15, 0.2) is 54.7 Å². The molecule has 0 N–H and O–H groups in total. The van der Waals surface area contributed by atoms with Crippen molar-refractivity contribution in [2.45, 2.75) is 6.42 Å². The summed E-state index contributed by atoms with van der Waals surface area (Å²) in [7, 11) is 0. The van der Waals surface area contributed by atoms with Crippen molar-refractivity contribution in [2.24, 2.45) is 0 Å². The van der Waals surface area contributed by atoms with E-state index in [1.54, 1.807) is 0 Å². The zero-order valence-corrected chi connectivity index (χ0v) is 9.35. The Labute approximate surface area is 99.7 Å². The normalized spacial score (nSPS) is 12.5. The maximum absolute atomic E-state index is 4.54. The monoisotopic (exact) mass is 217 g/mol. The molecule has 80 valence electrons. The van der Waals surface area contributed by atoms with Gasteiger partial charge in [-0.15, -0.1) is 0 Å². The van der Waals surface area contributed by atoms with Gasteiger partial charge in [-0.05, 0) is 28.3 Å². The molecule has 1 aliphatic carbocycles. The third kappa shape index (κ3) is 1.17. The average Bonchev–Trinajstić information content (AvgIpc) is 2.78. The van der Waals surface area contributed by atoms with Crippen molar-refractivity contribution in [3.63, 3.8) is 0 Å². The molecule has 0 unspecified atom stereocenters. The summed E-state index contributed by atoms with van der Waals surface area (Å²) in [5, 5.41) is 1.24. The minimum Gasteiger partial charge on any atom is -0.256 e. The highest BCUT2D eigenvalue weighted by Gasteiger charge is 2.19. The highest BCUT2D eigenvalue weighted by molar-refractivity contribution is 5.92. The van der Waals surface area contributed by atoms with Crippen LogP contribution in [0.5, 0.6) is 0 Å². The minimum atomic E-state index is 1.01. The van der Waals surface area contributed by atoms with Gasteiger partial charge in [0.1, 0.15) is 0 Å². The zero-order valence-electron chi connectivity index (χ0n) is 9.35. The maximum Gasteiger partial charge on any atom is 0.0743 e. The lowest BCUT2D eigenvalue weighted by Crippen LogP contribution is -1.86. The van der Waals surface area contributed by atoms with Crippen LogP contribution < -0.4 is 0 Å². The lowest BCUT2D eigenvalue weighted by atomic mass is 10.0. The van der Waals surface area contributed by atoms with Crippen molar-refractivity contribution in [3.05, 3.63) is 65.9 Å². The van der Waals surface area contributed by atoms with Crippen molar-refractivity contribution >= 4 is 10.9 Å². The second-order valence-corrected chi connectivity index (χ2v) is 4.50. The number of hydrogen-bond acceptors (Lipinski definition) is 1. The molecule has 0 spiro atoms. The van der Waals surface area contributed by atoms with Crippen LogP contribution in [0.3, 0.4) is 0 Å². The van der Waals surface area contributed by atoms with Gasteiger partial charge < -0.3 is 0 Å². The quantitative estimate of drug-likeness (QED) is 0.436. The first-order valence-electron chi connectivity index (χ1n) is 5.88. The summed E-state index contributed by atoms with van der Waals surface area (Å²) in [4.78, 5) is 4.54. The fourth-order valence-electron chi connectivity index (χ4n) is 2.76. The Morgan fingerprint density at radius 1 is 0.824 bits per heavy atom. The Bertz CT molecular complexity index is 728. The van der Waals surface area contributed by atoms with E-state index in [9.17, 15) is 0 Å². The number of pyridine rings is 1. The molecule has 1 aliphatic rings. The van der Waals surface area contributed by atoms with E-state index < -0.39 is 0 Å². The fourth-order valence-corrected chi connectivity index (χ4v) is 2.76. The molecule has 0 saturated heterocycles. The average molecular weight is 217 g/mol. The van der Waals surface area contributed by atoms with E-state index in [4.69, 9.17) is 0 Å². The Hall–Kier alpha value is -2.15. The van der Waals surface area contributed by atoms with E-state index in [2.05, 4.69) is 47.4 Å². The summed E-state index contributed by atoms with van der Waals surface area (Å²) in [5.41, 5.74) is 6.67. The van der Waals surface area contributed by atoms with Gasteiger partial charge in [0.05, 0.1) is 5.52 Å². The van der Waals surface area contributed by atoms with Gasteiger partial charge in [-0.3, -0.25) is 4.98 Å². The van der Waals surface area contributed by atoms with E-state index >= 15 is 0 Å². The number of rotatable bonds is 0. The largest absolute Gasteiger partial charge is 0.256 e. The SMILES string of the molecule is c1ccc2c(c1)Cc1c-2ccc2cccnc12. The van der Waals surface area contributed by atoms with Crippen LogP contribution in [-0.4, -0.2) is 4.98 Å². The van der Waals surface area contributed by atoms with Gasteiger partial charge in [-0.1, -0.05) is 42.5 Å². The molecule has 0 aliphatic heterocycles. The third-order valence-electron chi connectivity index (χ3n) is 3.55. The molecule has 1 nitrogen and oxygen atoms in total. The van der Waals surface area contributed by atoms with Crippen LogP contribution >= 0.6 is 0 Å². The van der Waals surface area contributed by atoms with Crippen LogP contribution in [0.1, 0.15) is 11.1 Å². The Morgan fingerprint density at radius 2 is 1.76 bits per heavy atom. The van der Waals surface area contributed by atoms with Crippen molar-refractivity contribution < 1.29 is 0 Å². The molecule has 0 amide bonds. The Balaban J connectivity index is 2.11. The second kappa shape index (κ2) is 3.17. The first-order chi connectivity index (χ1) is 8.43. The van der Waals surface area contributed by atoms with Gasteiger partial charge in [0.2, 0.25) is 0 Å². The van der Waals surface area contributed by atoms with E-state index in [0.29, 0.717) is 0 Å². The molecule has 3 aromatic rings. The van der Waals surface area contributed by atoms with Crippen LogP contribution in [0, 0.1) is 0 Å². The molecular weight excluding hydrogens is 206 g/mol. The summed E-state index contributed by atoms with van der Waals surface area (Å²) < 4.78 is 0. The zero-order chi connectivity index (χ0) is 11.2. The topological polar surface area (TPSA) is 12.9 Å². The highest BCUT2D eigenvalue weighted by Crippen LogP contribution is 2.39. The fraction of sp³-hybridized carbons (Fsp3) is 0.0625. The Kier molecular flexibility index (Phi) is 1.67. The Morgan fingerprint density at radius 3 is 2.76 bits per heavy atom. The number of benzene rings is 2. The summed E-state index contributed by atoms with van der Waals surface area (Å²) >= 11 is 0. The van der Waals surface area contributed by atoms with E-state index in [1.165, 1.54) is 27.6 Å². The first kappa shape index (κ1) is 8.94. The minimum absolute atomic E-state index is 1.01. The van der Waals surface area contributed by atoms with Crippen molar-refractivity contribution in [2.75, 3.05) is 0 Å². The molecule has 0 fully saturated rings. The van der Waals surface area contributed by atoms with E-state index in [-0.39, 0.29) is 0 Å². The number of nitrogens with zero attached hydrogens (tertiary/aromatic N) is 1. The molecule has 0 atom stereocenters. The summed E-state index contributed by atoms with van der Waals surface area (Å²) in [6.07, 6.45) is 2.89. The molecule has 1 heterocycles. The van der Waals surface area contributed by atoms with Gasteiger partial charge >= 0.3 is 0 Å². The van der Waals surface area contributed by atoms with Crippen molar-refractivity contribution in [3.8, 4) is 11.1 Å². The standard InChI is InChI=1S/C16H11N/c1-2-6-13-12(4-1)10-15-14(13)8-7-11-5-3-9-17-16(11)15/h1-9H,10H2. The highest BCUT2D eigenvalue weighted by atomic mass is 14.7. The number of hydrogen-bond donors (Lipinski definition) is 0. The van der Waals surface area contributed by atoms with E-state index in [1.807, 2.05) is 12.3 Å². The molecule has 1 heteroatoms. The molecule has 1 aromatic heterocycles. The van der Waals surface area contributed by atoms with Gasteiger partial charge in [-0.25, -0.2) is 0 Å². The lowest BCUT2D eigenvalue weighted by molar-refractivity contribution is 1.26.